The fraction of sp³-hybridized carbons (Fsp3) is 0.471. The second-order valence-corrected chi connectivity index (χ2v) is 8.13. The highest BCUT2D eigenvalue weighted by molar-refractivity contribution is 8.01. The molecule has 1 fully saturated rings. The summed E-state index contributed by atoms with van der Waals surface area (Å²) in [5, 5.41) is 8.97. The standard InChI is InChI=1S/C17H21N3O3S2/c1-11-18-19-17(25-11)24-10-16(21)20-8-4-5-14(20)13-9-12(22-2)6-7-15(13)23-3/h6-7,9,14H,4-5,8,10H2,1-3H3/t14-/m1/s1. The lowest BCUT2D eigenvalue weighted by atomic mass is 10.0. The van der Waals surface area contributed by atoms with E-state index in [4.69, 9.17) is 9.47 Å². The van der Waals surface area contributed by atoms with Crippen molar-refractivity contribution < 1.29 is 14.3 Å². The molecule has 1 aliphatic rings. The van der Waals surface area contributed by atoms with Crippen LogP contribution in [0.3, 0.4) is 0 Å². The van der Waals surface area contributed by atoms with Gasteiger partial charge in [0.25, 0.3) is 0 Å². The van der Waals surface area contributed by atoms with Crippen molar-refractivity contribution in [3.05, 3.63) is 28.8 Å². The summed E-state index contributed by atoms with van der Waals surface area (Å²) < 4.78 is 11.7. The van der Waals surface area contributed by atoms with E-state index in [1.54, 1.807) is 14.2 Å². The van der Waals surface area contributed by atoms with E-state index in [0.717, 1.165) is 45.8 Å². The predicted octanol–water partition coefficient (Wildman–Crippen LogP) is 3.32. The Bertz CT molecular complexity index is 750. The van der Waals surface area contributed by atoms with Crippen LogP contribution < -0.4 is 9.47 Å². The van der Waals surface area contributed by atoms with Crippen LogP contribution in [0.25, 0.3) is 0 Å². The van der Waals surface area contributed by atoms with Crippen LogP contribution >= 0.6 is 23.1 Å². The van der Waals surface area contributed by atoms with Crippen LogP contribution in [0.2, 0.25) is 0 Å². The van der Waals surface area contributed by atoms with Crippen molar-refractivity contribution in [2.45, 2.75) is 30.1 Å². The molecule has 2 heterocycles. The summed E-state index contributed by atoms with van der Waals surface area (Å²) in [7, 11) is 3.30. The molecular formula is C17H21N3O3S2. The Balaban J connectivity index is 1.74. The molecule has 0 bridgehead atoms. The maximum absolute atomic E-state index is 12.8. The van der Waals surface area contributed by atoms with Gasteiger partial charge in [-0.05, 0) is 38.0 Å². The molecule has 1 aliphatic heterocycles. The number of carbonyl (C=O) groups excluding carboxylic acids is 1. The van der Waals surface area contributed by atoms with E-state index >= 15 is 0 Å². The number of rotatable bonds is 6. The molecule has 0 saturated carbocycles. The lowest BCUT2D eigenvalue weighted by Crippen LogP contribution is -2.32. The summed E-state index contributed by atoms with van der Waals surface area (Å²) in [6, 6.07) is 5.76. The number of amides is 1. The van der Waals surface area contributed by atoms with E-state index in [9.17, 15) is 4.79 Å². The Labute approximate surface area is 155 Å². The van der Waals surface area contributed by atoms with E-state index in [-0.39, 0.29) is 11.9 Å². The quantitative estimate of drug-likeness (QED) is 0.718. The van der Waals surface area contributed by atoms with Crippen LogP contribution in [0.4, 0.5) is 0 Å². The summed E-state index contributed by atoms with van der Waals surface area (Å²) in [6.07, 6.45) is 1.91. The number of aryl methyl sites for hydroxylation is 1. The Morgan fingerprint density at radius 2 is 2.20 bits per heavy atom. The highest BCUT2D eigenvalue weighted by Gasteiger charge is 2.32. The lowest BCUT2D eigenvalue weighted by Gasteiger charge is -2.26. The molecule has 1 aromatic heterocycles. The third kappa shape index (κ3) is 4.07. The Hall–Kier alpha value is -1.80. The van der Waals surface area contributed by atoms with Gasteiger partial charge in [0.2, 0.25) is 5.91 Å². The van der Waals surface area contributed by atoms with Crippen molar-refractivity contribution in [2.24, 2.45) is 0 Å². The summed E-state index contributed by atoms with van der Waals surface area (Å²) in [4.78, 5) is 14.7. The van der Waals surface area contributed by atoms with E-state index < -0.39 is 0 Å². The molecule has 8 heteroatoms. The molecule has 0 aliphatic carbocycles. The SMILES string of the molecule is COc1ccc(OC)c([C@H]2CCCN2C(=O)CSc2nnc(C)s2)c1. The van der Waals surface area contributed by atoms with Crippen molar-refractivity contribution >= 4 is 29.0 Å². The number of ether oxygens (including phenoxy) is 2. The molecule has 1 saturated heterocycles. The summed E-state index contributed by atoms with van der Waals surface area (Å²) in [6.45, 7) is 2.68. The maximum Gasteiger partial charge on any atom is 0.233 e. The molecule has 2 aromatic rings. The largest absolute Gasteiger partial charge is 0.497 e. The van der Waals surface area contributed by atoms with Crippen molar-refractivity contribution in [3.8, 4) is 11.5 Å². The number of nitrogens with zero attached hydrogens (tertiary/aromatic N) is 3. The molecule has 1 aromatic carbocycles. The molecular weight excluding hydrogens is 358 g/mol. The van der Waals surface area contributed by atoms with Gasteiger partial charge in [0.15, 0.2) is 4.34 Å². The maximum atomic E-state index is 12.8. The smallest absolute Gasteiger partial charge is 0.233 e. The fourth-order valence-corrected chi connectivity index (χ4v) is 4.73. The van der Waals surface area contributed by atoms with Gasteiger partial charge in [0.05, 0.1) is 26.0 Å². The van der Waals surface area contributed by atoms with Gasteiger partial charge in [-0.25, -0.2) is 0 Å². The fourth-order valence-electron chi connectivity index (χ4n) is 3.03. The van der Waals surface area contributed by atoms with Crippen LogP contribution in [0.1, 0.15) is 29.5 Å². The van der Waals surface area contributed by atoms with E-state index in [1.165, 1.54) is 23.1 Å². The predicted molar refractivity (Wildman–Crippen MR) is 98.6 cm³/mol. The Kier molecular flexibility index (Phi) is 5.80. The van der Waals surface area contributed by atoms with Crippen LogP contribution in [-0.4, -0.2) is 47.5 Å². The summed E-state index contributed by atoms with van der Waals surface area (Å²) >= 11 is 2.96. The number of carbonyl (C=O) groups is 1. The zero-order chi connectivity index (χ0) is 17.8. The first-order chi connectivity index (χ1) is 12.1. The molecule has 0 spiro atoms. The van der Waals surface area contributed by atoms with Gasteiger partial charge in [-0.3, -0.25) is 4.79 Å². The van der Waals surface area contributed by atoms with E-state index in [0.29, 0.717) is 5.75 Å². The second kappa shape index (κ2) is 8.05. The molecule has 134 valence electrons. The van der Waals surface area contributed by atoms with Crippen LogP contribution in [-0.2, 0) is 4.79 Å². The summed E-state index contributed by atoms with van der Waals surface area (Å²) in [5.74, 6) is 2.05. The van der Waals surface area contributed by atoms with E-state index in [1.807, 2.05) is 30.0 Å². The monoisotopic (exact) mass is 379 g/mol. The number of benzene rings is 1. The van der Waals surface area contributed by atoms with Crippen molar-refractivity contribution in [1.29, 1.82) is 0 Å². The minimum Gasteiger partial charge on any atom is -0.497 e. The highest BCUT2D eigenvalue weighted by Crippen LogP contribution is 2.39. The van der Waals surface area contributed by atoms with Crippen LogP contribution in [0, 0.1) is 6.92 Å². The Morgan fingerprint density at radius 3 is 2.88 bits per heavy atom. The lowest BCUT2D eigenvalue weighted by molar-refractivity contribution is -0.129. The van der Waals surface area contributed by atoms with Crippen molar-refractivity contribution in [1.82, 2.24) is 15.1 Å². The molecule has 0 radical (unpaired) electrons. The first kappa shape index (κ1) is 18.0. The first-order valence-corrected chi connectivity index (χ1v) is 9.87. The molecule has 1 atom stereocenters. The number of likely N-dealkylation sites (tertiary alicyclic amines) is 1. The van der Waals surface area contributed by atoms with Gasteiger partial charge in [-0.1, -0.05) is 23.1 Å². The summed E-state index contributed by atoms with van der Waals surface area (Å²) in [5.41, 5.74) is 1.00. The van der Waals surface area contributed by atoms with Crippen molar-refractivity contribution in [2.75, 3.05) is 26.5 Å². The number of methoxy groups -OCH3 is 2. The van der Waals surface area contributed by atoms with Gasteiger partial charge < -0.3 is 14.4 Å². The van der Waals surface area contributed by atoms with Crippen LogP contribution in [0.5, 0.6) is 11.5 Å². The average molecular weight is 380 g/mol. The van der Waals surface area contributed by atoms with Crippen LogP contribution in [0.15, 0.2) is 22.5 Å². The first-order valence-electron chi connectivity index (χ1n) is 8.06. The molecule has 0 unspecified atom stereocenters. The number of thioether (sulfide) groups is 1. The molecule has 0 N–H and O–H groups in total. The van der Waals surface area contributed by atoms with E-state index in [2.05, 4.69) is 10.2 Å². The van der Waals surface area contributed by atoms with Gasteiger partial charge in [0.1, 0.15) is 16.5 Å². The minimum atomic E-state index is 0.0225. The minimum absolute atomic E-state index is 0.0225. The second-order valence-electron chi connectivity index (χ2n) is 5.73. The topological polar surface area (TPSA) is 64.6 Å². The highest BCUT2D eigenvalue weighted by atomic mass is 32.2. The van der Waals surface area contributed by atoms with Gasteiger partial charge >= 0.3 is 0 Å². The number of hydrogen-bond donors (Lipinski definition) is 0. The molecule has 1 amide bonds. The van der Waals surface area contributed by atoms with Crippen molar-refractivity contribution in [3.63, 3.8) is 0 Å². The number of hydrogen-bond acceptors (Lipinski definition) is 7. The number of aromatic nitrogens is 2. The molecule has 6 nitrogen and oxygen atoms in total. The van der Waals surface area contributed by atoms with Gasteiger partial charge in [0, 0.05) is 12.1 Å². The zero-order valence-electron chi connectivity index (χ0n) is 14.5. The zero-order valence-corrected chi connectivity index (χ0v) is 16.2. The normalized spacial score (nSPS) is 16.9. The molecule has 3 rings (SSSR count). The average Bonchev–Trinajstić information content (AvgIpc) is 3.28. The third-order valence-corrected chi connectivity index (χ3v) is 6.15. The molecule has 25 heavy (non-hydrogen) atoms. The Morgan fingerprint density at radius 1 is 1.36 bits per heavy atom. The van der Waals surface area contributed by atoms with Gasteiger partial charge in [-0.2, -0.15) is 0 Å². The van der Waals surface area contributed by atoms with Gasteiger partial charge in [-0.15, -0.1) is 10.2 Å². The third-order valence-electron chi connectivity index (χ3n) is 4.20.